The molecule has 1 amide bonds. The number of carbonyl (C=O) groups is 1. The van der Waals surface area contributed by atoms with Gasteiger partial charge in [-0.2, -0.15) is 0 Å². The Hall–Kier alpha value is -2.22. The normalized spacial score (nSPS) is 18.0. The Balaban J connectivity index is 1.55. The Bertz CT molecular complexity index is 900. The van der Waals surface area contributed by atoms with E-state index in [2.05, 4.69) is 34.5 Å². The summed E-state index contributed by atoms with van der Waals surface area (Å²) >= 11 is 0. The zero-order valence-corrected chi connectivity index (χ0v) is 16.7. The molecular weight excluding hydrogens is 374 g/mol. The molecule has 1 atom stereocenters. The molecule has 3 rings (SSSR count). The maximum atomic E-state index is 12.4. The van der Waals surface area contributed by atoms with Gasteiger partial charge in [0.1, 0.15) is 0 Å². The van der Waals surface area contributed by atoms with Crippen LogP contribution in [0.2, 0.25) is 0 Å². The molecule has 0 spiro atoms. The maximum Gasteiger partial charge on any atom is 0.238 e. The van der Waals surface area contributed by atoms with Crippen LogP contribution in [0.3, 0.4) is 0 Å². The number of hydrogen-bond donors (Lipinski definition) is 2. The van der Waals surface area contributed by atoms with Crippen molar-refractivity contribution in [1.29, 1.82) is 0 Å². The van der Waals surface area contributed by atoms with Crippen LogP contribution in [0.4, 0.5) is 5.69 Å². The minimum atomic E-state index is -3.79. The molecular formula is C21H27N3O3S. The molecule has 1 saturated heterocycles. The fourth-order valence-corrected chi connectivity index (χ4v) is 4.25. The summed E-state index contributed by atoms with van der Waals surface area (Å²) in [4.78, 5) is 14.8. The summed E-state index contributed by atoms with van der Waals surface area (Å²) in [6, 6.07) is 16.9. The van der Waals surface area contributed by atoms with Crippen LogP contribution < -0.4 is 10.5 Å². The highest BCUT2D eigenvalue weighted by Gasteiger charge is 2.23. The molecule has 6 nitrogen and oxygen atoms in total. The van der Waals surface area contributed by atoms with Crippen LogP contribution in [0, 0.1) is 0 Å². The summed E-state index contributed by atoms with van der Waals surface area (Å²) in [6.45, 7) is 1.70. The average molecular weight is 402 g/mol. The number of nitrogens with two attached hydrogens (primary N) is 1. The van der Waals surface area contributed by atoms with Crippen LogP contribution in [0.15, 0.2) is 59.5 Å². The number of sulfonamides is 1. The number of nitrogens with one attached hydrogen (secondary N) is 1. The topological polar surface area (TPSA) is 92.5 Å². The quantitative estimate of drug-likeness (QED) is 0.746. The van der Waals surface area contributed by atoms with E-state index in [1.165, 1.54) is 24.1 Å². The lowest BCUT2D eigenvalue weighted by Gasteiger charge is -2.35. The Labute approximate surface area is 166 Å². The first kappa shape index (κ1) is 20.5. The van der Waals surface area contributed by atoms with E-state index in [0.29, 0.717) is 24.7 Å². The lowest BCUT2D eigenvalue weighted by atomic mass is 9.95. The van der Waals surface area contributed by atoms with Crippen LogP contribution >= 0.6 is 0 Å². The number of nitrogens with zero attached hydrogens (tertiary/aromatic N) is 1. The van der Waals surface area contributed by atoms with Crippen molar-refractivity contribution >= 4 is 21.6 Å². The molecule has 28 heavy (non-hydrogen) atoms. The van der Waals surface area contributed by atoms with Crippen molar-refractivity contribution in [2.45, 2.75) is 43.0 Å². The number of carbonyl (C=O) groups excluding carboxylic acids is 1. The fraction of sp³-hybridized carbons (Fsp3) is 0.381. The van der Waals surface area contributed by atoms with Gasteiger partial charge in [0.05, 0.1) is 4.90 Å². The van der Waals surface area contributed by atoms with Crippen molar-refractivity contribution < 1.29 is 13.2 Å². The molecule has 1 unspecified atom stereocenters. The lowest BCUT2D eigenvalue weighted by Crippen LogP contribution is -2.42. The molecule has 150 valence electrons. The predicted octanol–water partition coefficient (Wildman–Crippen LogP) is 2.76. The summed E-state index contributed by atoms with van der Waals surface area (Å²) in [6.07, 6.45) is 4.89. The highest BCUT2D eigenvalue weighted by Crippen LogP contribution is 2.21. The van der Waals surface area contributed by atoms with E-state index < -0.39 is 10.0 Å². The molecule has 0 aromatic heterocycles. The van der Waals surface area contributed by atoms with Crippen molar-refractivity contribution in [3.05, 3.63) is 60.2 Å². The summed E-state index contributed by atoms with van der Waals surface area (Å²) in [5.74, 6) is -0.129. The number of piperidine rings is 1. The van der Waals surface area contributed by atoms with E-state index in [-0.39, 0.29) is 10.8 Å². The molecule has 2 aromatic rings. The van der Waals surface area contributed by atoms with Crippen molar-refractivity contribution in [2.24, 2.45) is 5.14 Å². The van der Waals surface area contributed by atoms with Crippen molar-refractivity contribution in [3.63, 3.8) is 0 Å². The number of primary sulfonamides is 1. The third-order valence-corrected chi connectivity index (χ3v) is 6.05. The molecule has 2 aromatic carbocycles. The molecule has 3 N–H and O–H groups in total. The van der Waals surface area contributed by atoms with Crippen LogP contribution in [-0.4, -0.2) is 38.4 Å². The third kappa shape index (κ3) is 5.89. The van der Waals surface area contributed by atoms with Gasteiger partial charge < -0.3 is 5.32 Å². The molecule has 0 saturated carbocycles. The van der Waals surface area contributed by atoms with Crippen LogP contribution in [-0.2, 0) is 21.2 Å². The van der Waals surface area contributed by atoms with Gasteiger partial charge in [-0.05, 0) is 49.6 Å². The predicted molar refractivity (Wildman–Crippen MR) is 110 cm³/mol. The van der Waals surface area contributed by atoms with E-state index in [1.54, 1.807) is 12.1 Å². The molecule has 1 fully saturated rings. The van der Waals surface area contributed by atoms with Gasteiger partial charge in [-0.25, -0.2) is 13.6 Å². The van der Waals surface area contributed by atoms with Gasteiger partial charge in [0.25, 0.3) is 0 Å². The van der Waals surface area contributed by atoms with Gasteiger partial charge in [0, 0.05) is 24.7 Å². The molecule has 0 radical (unpaired) electrons. The summed E-state index contributed by atoms with van der Waals surface area (Å²) in [7, 11) is -3.79. The Morgan fingerprint density at radius 2 is 1.89 bits per heavy atom. The first-order chi connectivity index (χ1) is 13.4. The minimum absolute atomic E-state index is 0.00995. The Kier molecular flexibility index (Phi) is 6.83. The van der Waals surface area contributed by atoms with Crippen LogP contribution in [0.5, 0.6) is 0 Å². The number of hydrogen-bond acceptors (Lipinski definition) is 4. The average Bonchev–Trinajstić information content (AvgIpc) is 2.68. The van der Waals surface area contributed by atoms with Gasteiger partial charge in [-0.3, -0.25) is 9.69 Å². The molecule has 1 aliphatic rings. The lowest BCUT2D eigenvalue weighted by molar-refractivity contribution is -0.116. The summed E-state index contributed by atoms with van der Waals surface area (Å²) in [5, 5.41) is 7.92. The van der Waals surface area contributed by atoms with Gasteiger partial charge >= 0.3 is 0 Å². The first-order valence-corrected chi connectivity index (χ1v) is 11.2. The maximum absolute atomic E-state index is 12.4. The first-order valence-electron chi connectivity index (χ1n) is 9.62. The number of amides is 1. The van der Waals surface area contributed by atoms with Gasteiger partial charge in [0.2, 0.25) is 15.9 Å². The number of benzene rings is 2. The van der Waals surface area contributed by atoms with Crippen molar-refractivity contribution in [3.8, 4) is 0 Å². The van der Waals surface area contributed by atoms with Gasteiger partial charge in [0.15, 0.2) is 0 Å². The molecule has 7 heteroatoms. The van der Waals surface area contributed by atoms with Crippen molar-refractivity contribution in [1.82, 2.24) is 4.90 Å². The van der Waals surface area contributed by atoms with Gasteiger partial charge in [-0.15, -0.1) is 0 Å². The molecule has 0 aliphatic carbocycles. The Morgan fingerprint density at radius 1 is 1.11 bits per heavy atom. The second-order valence-electron chi connectivity index (χ2n) is 7.25. The van der Waals surface area contributed by atoms with Crippen LogP contribution in [0.1, 0.15) is 31.2 Å². The fourth-order valence-electron chi connectivity index (χ4n) is 3.69. The highest BCUT2D eigenvalue weighted by molar-refractivity contribution is 7.89. The largest absolute Gasteiger partial charge is 0.326 e. The minimum Gasteiger partial charge on any atom is -0.326 e. The summed E-state index contributed by atoms with van der Waals surface area (Å²) in [5.41, 5.74) is 1.76. The monoisotopic (exact) mass is 401 g/mol. The summed E-state index contributed by atoms with van der Waals surface area (Å²) < 4.78 is 22.9. The third-order valence-electron chi connectivity index (χ3n) is 5.14. The number of rotatable bonds is 7. The van der Waals surface area contributed by atoms with E-state index >= 15 is 0 Å². The van der Waals surface area contributed by atoms with E-state index in [1.807, 2.05) is 6.07 Å². The SMILES string of the molecule is NS(=O)(=O)c1cccc(NC(=O)CCN2CCCCC2Cc2ccccc2)c1. The van der Waals surface area contributed by atoms with Gasteiger partial charge in [-0.1, -0.05) is 42.8 Å². The molecule has 0 bridgehead atoms. The van der Waals surface area contributed by atoms with E-state index in [0.717, 1.165) is 25.8 Å². The molecule has 1 aliphatic heterocycles. The van der Waals surface area contributed by atoms with E-state index in [4.69, 9.17) is 5.14 Å². The smallest absolute Gasteiger partial charge is 0.238 e. The van der Waals surface area contributed by atoms with Crippen molar-refractivity contribution in [2.75, 3.05) is 18.4 Å². The highest BCUT2D eigenvalue weighted by atomic mass is 32.2. The zero-order valence-electron chi connectivity index (χ0n) is 15.9. The number of anilines is 1. The standard InChI is InChI=1S/C21H27N3O3S/c22-28(26,27)20-11-6-9-18(16-20)23-21(25)12-14-24-13-5-4-10-19(24)15-17-7-2-1-3-8-17/h1-3,6-9,11,16,19H,4-5,10,12-15H2,(H,23,25)(H2,22,26,27). The Morgan fingerprint density at radius 3 is 2.64 bits per heavy atom. The second-order valence-corrected chi connectivity index (χ2v) is 8.81. The zero-order chi connectivity index (χ0) is 20.0. The van der Waals surface area contributed by atoms with Crippen LogP contribution in [0.25, 0.3) is 0 Å². The second kappa shape index (κ2) is 9.32. The number of likely N-dealkylation sites (tertiary alicyclic amines) is 1. The molecule has 1 heterocycles. The van der Waals surface area contributed by atoms with E-state index in [9.17, 15) is 13.2 Å².